The van der Waals surface area contributed by atoms with Gasteiger partial charge in [-0.25, -0.2) is 4.98 Å². The number of aromatic nitrogens is 2. The number of imidazole rings is 1. The van der Waals surface area contributed by atoms with Gasteiger partial charge in [-0.1, -0.05) is 120 Å². The zero-order valence-electron chi connectivity index (χ0n) is 22.7. The average Bonchev–Trinajstić information content (AvgIpc) is 3.25. The third kappa shape index (κ3) is 9.44. The van der Waals surface area contributed by atoms with Crippen molar-refractivity contribution in [1.29, 1.82) is 0 Å². The lowest BCUT2D eigenvalue weighted by atomic mass is 10.0. The summed E-state index contributed by atoms with van der Waals surface area (Å²) in [6, 6.07) is 16.0. The number of aryl methyl sites for hydroxylation is 2. The molecule has 0 fully saturated rings. The van der Waals surface area contributed by atoms with E-state index in [9.17, 15) is 4.79 Å². The molecule has 1 aromatic heterocycles. The molecule has 0 bridgehead atoms. The number of amides is 1. The summed E-state index contributed by atoms with van der Waals surface area (Å²) >= 11 is 0. The summed E-state index contributed by atoms with van der Waals surface area (Å²) < 4.78 is 2.30. The molecule has 1 amide bonds. The third-order valence-corrected chi connectivity index (χ3v) is 7.19. The molecule has 1 N–H and O–H groups in total. The second-order valence-corrected chi connectivity index (χ2v) is 10.3. The monoisotopic (exact) mass is 489 g/mol. The molecule has 0 atom stereocenters. The van der Waals surface area contributed by atoms with Crippen LogP contribution in [0.15, 0.2) is 48.5 Å². The van der Waals surface area contributed by atoms with E-state index < -0.39 is 0 Å². The Morgan fingerprint density at radius 2 is 1.31 bits per heavy atom. The molecule has 0 unspecified atom stereocenters. The maximum absolute atomic E-state index is 12.6. The second kappa shape index (κ2) is 16.2. The molecular weight excluding hydrogens is 442 g/mol. The highest BCUT2D eigenvalue weighted by molar-refractivity contribution is 5.94. The van der Waals surface area contributed by atoms with E-state index >= 15 is 0 Å². The number of para-hydroxylation sites is 2. The van der Waals surface area contributed by atoms with Crippen molar-refractivity contribution in [3.05, 3.63) is 65.5 Å². The lowest BCUT2D eigenvalue weighted by molar-refractivity contribution is 0.0949. The molecule has 0 radical (unpaired) electrons. The van der Waals surface area contributed by atoms with E-state index in [0.717, 1.165) is 35.4 Å². The van der Waals surface area contributed by atoms with Gasteiger partial charge in [0.05, 0.1) is 17.6 Å². The fraction of sp³-hybridized carbons (Fsp3) is 0.562. The minimum Gasteiger partial charge on any atom is -0.345 e. The number of carbonyl (C=O) groups is 1. The molecule has 4 nitrogen and oxygen atoms in total. The largest absolute Gasteiger partial charge is 0.345 e. The van der Waals surface area contributed by atoms with Crippen LogP contribution < -0.4 is 5.32 Å². The van der Waals surface area contributed by atoms with Crippen LogP contribution in [0.1, 0.15) is 119 Å². The van der Waals surface area contributed by atoms with E-state index in [2.05, 4.69) is 35.0 Å². The van der Waals surface area contributed by atoms with Gasteiger partial charge in [0.15, 0.2) is 0 Å². The quantitative estimate of drug-likeness (QED) is 0.182. The number of nitrogens with one attached hydrogen (secondary N) is 1. The number of carbonyl (C=O) groups excluding carboxylic acids is 1. The van der Waals surface area contributed by atoms with Crippen molar-refractivity contribution in [2.75, 3.05) is 0 Å². The van der Waals surface area contributed by atoms with Gasteiger partial charge in [-0.3, -0.25) is 4.79 Å². The summed E-state index contributed by atoms with van der Waals surface area (Å²) in [5.74, 6) is 0.886. The number of benzene rings is 2. The molecule has 36 heavy (non-hydrogen) atoms. The minimum absolute atomic E-state index is 0.0508. The van der Waals surface area contributed by atoms with Crippen LogP contribution in [0.3, 0.4) is 0 Å². The maximum Gasteiger partial charge on any atom is 0.251 e. The van der Waals surface area contributed by atoms with E-state index in [0.29, 0.717) is 12.1 Å². The summed E-state index contributed by atoms with van der Waals surface area (Å²) in [6.07, 6.45) is 19.1. The number of fused-ring (bicyclic) bond motifs is 1. The predicted molar refractivity (Wildman–Crippen MR) is 152 cm³/mol. The van der Waals surface area contributed by atoms with Crippen LogP contribution in [0.25, 0.3) is 11.0 Å². The number of hydrogen-bond acceptors (Lipinski definition) is 2. The van der Waals surface area contributed by atoms with Crippen LogP contribution in [0.4, 0.5) is 0 Å². The van der Waals surface area contributed by atoms with Gasteiger partial charge >= 0.3 is 0 Å². The first-order chi connectivity index (χ1) is 17.7. The highest BCUT2D eigenvalue weighted by Crippen LogP contribution is 2.18. The lowest BCUT2D eigenvalue weighted by Gasteiger charge is -2.11. The Morgan fingerprint density at radius 1 is 0.750 bits per heavy atom. The zero-order valence-corrected chi connectivity index (χ0v) is 22.7. The maximum atomic E-state index is 12.6. The number of nitrogens with zero attached hydrogens (tertiary/aromatic N) is 2. The molecule has 0 aliphatic rings. The number of hydrogen-bond donors (Lipinski definition) is 1. The first kappa shape index (κ1) is 28.0. The van der Waals surface area contributed by atoms with Crippen LogP contribution in [-0.2, 0) is 13.1 Å². The molecule has 0 aliphatic heterocycles. The van der Waals surface area contributed by atoms with Gasteiger partial charge in [0, 0.05) is 12.1 Å². The fourth-order valence-corrected chi connectivity index (χ4v) is 4.94. The van der Waals surface area contributed by atoms with Crippen molar-refractivity contribution in [3.63, 3.8) is 0 Å². The van der Waals surface area contributed by atoms with Gasteiger partial charge in [0.1, 0.15) is 5.82 Å². The first-order valence-electron chi connectivity index (χ1n) is 14.5. The van der Waals surface area contributed by atoms with E-state index in [1.807, 2.05) is 37.3 Å². The summed E-state index contributed by atoms with van der Waals surface area (Å²) in [6.45, 7) is 5.71. The summed E-state index contributed by atoms with van der Waals surface area (Å²) in [5.41, 5.74) is 4.01. The van der Waals surface area contributed by atoms with Crippen LogP contribution in [-0.4, -0.2) is 15.5 Å². The molecule has 0 saturated carbocycles. The average molecular weight is 490 g/mol. The first-order valence-corrected chi connectivity index (χ1v) is 14.5. The predicted octanol–water partition coefficient (Wildman–Crippen LogP) is 8.76. The van der Waals surface area contributed by atoms with Crippen molar-refractivity contribution in [2.45, 2.75) is 117 Å². The minimum atomic E-state index is -0.0508. The van der Waals surface area contributed by atoms with Crippen molar-refractivity contribution in [1.82, 2.24) is 14.9 Å². The molecule has 3 aromatic rings. The van der Waals surface area contributed by atoms with Gasteiger partial charge in [-0.15, -0.1) is 0 Å². The normalized spacial score (nSPS) is 11.3. The number of rotatable bonds is 18. The van der Waals surface area contributed by atoms with Gasteiger partial charge in [-0.2, -0.15) is 0 Å². The zero-order chi connectivity index (χ0) is 25.4. The van der Waals surface area contributed by atoms with Crippen molar-refractivity contribution < 1.29 is 4.79 Å². The Morgan fingerprint density at radius 3 is 1.92 bits per heavy atom. The molecule has 2 aromatic carbocycles. The van der Waals surface area contributed by atoms with Crippen molar-refractivity contribution >= 4 is 16.9 Å². The fourth-order valence-electron chi connectivity index (χ4n) is 4.94. The lowest BCUT2D eigenvalue weighted by Crippen LogP contribution is -2.24. The summed E-state index contributed by atoms with van der Waals surface area (Å²) in [4.78, 5) is 17.4. The highest BCUT2D eigenvalue weighted by Gasteiger charge is 2.12. The highest BCUT2D eigenvalue weighted by atomic mass is 16.1. The van der Waals surface area contributed by atoms with Crippen molar-refractivity contribution in [2.24, 2.45) is 0 Å². The number of unbranched alkanes of at least 4 members (excludes halogenated alkanes) is 13. The van der Waals surface area contributed by atoms with Gasteiger partial charge < -0.3 is 9.88 Å². The van der Waals surface area contributed by atoms with Crippen LogP contribution in [0.2, 0.25) is 0 Å². The van der Waals surface area contributed by atoms with Crippen LogP contribution in [0, 0.1) is 6.92 Å². The topological polar surface area (TPSA) is 46.9 Å². The van der Waals surface area contributed by atoms with E-state index in [4.69, 9.17) is 4.98 Å². The standard InChI is InChI=1S/C32H47N3O/c1-3-4-5-6-7-8-9-10-11-12-13-14-15-18-25-35-30-20-17-16-19-29(30)34-31(35)26-33-32(36)28-23-21-27(2)22-24-28/h16-17,19-24H,3-15,18,25-26H2,1-2H3,(H,33,36). The summed E-state index contributed by atoms with van der Waals surface area (Å²) in [7, 11) is 0. The molecular formula is C32H47N3O. The molecule has 3 rings (SSSR count). The van der Waals surface area contributed by atoms with E-state index in [-0.39, 0.29) is 5.91 Å². The van der Waals surface area contributed by atoms with Crippen LogP contribution in [0.5, 0.6) is 0 Å². The Bertz CT molecular complexity index is 1020. The van der Waals surface area contributed by atoms with Gasteiger partial charge in [0.25, 0.3) is 5.91 Å². The Labute approximate surface area is 218 Å². The molecule has 0 saturated heterocycles. The van der Waals surface area contributed by atoms with Crippen molar-refractivity contribution in [3.8, 4) is 0 Å². The Hall–Kier alpha value is -2.62. The second-order valence-electron chi connectivity index (χ2n) is 10.3. The summed E-state index contributed by atoms with van der Waals surface area (Å²) in [5, 5.41) is 3.07. The molecule has 0 spiro atoms. The van der Waals surface area contributed by atoms with E-state index in [1.54, 1.807) is 0 Å². The molecule has 4 heteroatoms. The third-order valence-electron chi connectivity index (χ3n) is 7.19. The molecule has 1 heterocycles. The molecule has 196 valence electrons. The molecule has 0 aliphatic carbocycles. The Balaban J connectivity index is 1.35. The van der Waals surface area contributed by atoms with Crippen LogP contribution >= 0.6 is 0 Å². The van der Waals surface area contributed by atoms with Gasteiger partial charge in [-0.05, 0) is 37.6 Å². The smallest absolute Gasteiger partial charge is 0.251 e. The van der Waals surface area contributed by atoms with E-state index in [1.165, 1.54) is 83.5 Å². The SMILES string of the molecule is CCCCCCCCCCCCCCCCn1c(CNC(=O)c2ccc(C)cc2)nc2ccccc21. The Kier molecular flexibility index (Phi) is 12.6. The van der Waals surface area contributed by atoms with Gasteiger partial charge in [0.2, 0.25) is 0 Å².